The lowest BCUT2D eigenvalue weighted by Gasteiger charge is -2.46. The molecule has 2 rings (SSSR count). The smallest absolute Gasteiger partial charge is 0.151 e. The molecule has 36 heavy (non-hydrogen) atoms. The topological polar surface area (TPSA) is 63.2 Å². The highest BCUT2D eigenvalue weighted by Crippen LogP contribution is 2.38. The molecule has 1 saturated heterocycles. The van der Waals surface area contributed by atoms with Gasteiger partial charge in [-0.2, -0.15) is 0 Å². The van der Waals surface area contributed by atoms with Gasteiger partial charge in [-0.25, -0.2) is 0 Å². The minimum Gasteiger partial charge on any atom is -0.379 e. The first-order valence-corrected chi connectivity index (χ1v) is 14.3. The quantitative estimate of drug-likeness (QED) is 0.143. The van der Waals surface area contributed by atoms with E-state index in [1.165, 1.54) is 0 Å². The number of hydrogen-bond acceptors (Lipinski definition) is 6. The number of carbonyl (C=O) groups is 1. The minimum atomic E-state index is -0.435. The first-order valence-electron chi connectivity index (χ1n) is 13.9. The van der Waals surface area contributed by atoms with Gasteiger partial charge in [-0.3, -0.25) is 4.79 Å². The predicted molar refractivity (Wildman–Crippen MR) is 144 cm³/mol. The molecular formula is C29H47ClO6. The lowest BCUT2D eigenvalue weighted by Crippen LogP contribution is -2.58. The number of hydrogen-bond donors (Lipinski definition) is 0. The van der Waals surface area contributed by atoms with Crippen LogP contribution in [0.15, 0.2) is 18.2 Å². The fraction of sp³-hybridized carbons (Fsp3) is 0.759. The standard InChI is InChI=1S/C29H47ClO6/c1-5-9-15-32-21-25-27(33-16-10-6-2)29(35-18-12-8-4)28(34-17-11-7-3)26(36-25)22-13-14-24(30)23(19-22)20-31/h13-14,19-20,25-29H,5-12,15-18,21H2,1-4H3/t25-,26+,27-,28+,29+/m1/s1. The van der Waals surface area contributed by atoms with Crippen LogP contribution in [0.25, 0.3) is 0 Å². The van der Waals surface area contributed by atoms with Crippen molar-refractivity contribution < 1.29 is 28.5 Å². The van der Waals surface area contributed by atoms with Gasteiger partial charge in [-0.1, -0.05) is 71.0 Å². The zero-order valence-electron chi connectivity index (χ0n) is 22.7. The molecule has 6 nitrogen and oxygen atoms in total. The van der Waals surface area contributed by atoms with E-state index in [1.54, 1.807) is 12.1 Å². The third-order valence-electron chi connectivity index (χ3n) is 6.46. The summed E-state index contributed by atoms with van der Waals surface area (Å²) in [4.78, 5) is 11.6. The Morgan fingerprint density at radius 2 is 1.36 bits per heavy atom. The van der Waals surface area contributed by atoms with E-state index >= 15 is 0 Å². The minimum absolute atomic E-state index is 0.309. The van der Waals surface area contributed by atoms with E-state index in [1.807, 2.05) is 6.07 Å². The number of halogens is 1. The fourth-order valence-electron chi connectivity index (χ4n) is 4.26. The van der Waals surface area contributed by atoms with Gasteiger partial charge in [-0.15, -0.1) is 0 Å². The zero-order valence-corrected chi connectivity index (χ0v) is 23.5. The molecule has 0 saturated carbocycles. The third kappa shape index (κ3) is 9.70. The summed E-state index contributed by atoms with van der Waals surface area (Å²) in [7, 11) is 0. The second kappa shape index (κ2) is 18.3. The lowest BCUT2D eigenvalue weighted by atomic mass is 9.90. The second-order valence-corrected chi connectivity index (χ2v) is 9.90. The third-order valence-corrected chi connectivity index (χ3v) is 6.80. The number of aldehydes is 1. The van der Waals surface area contributed by atoms with Gasteiger partial charge in [0.05, 0.1) is 11.6 Å². The summed E-state index contributed by atoms with van der Waals surface area (Å²) in [6.07, 6.45) is 7.05. The number of carbonyl (C=O) groups excluding carboxylic acids is 1. The van der Waals surface area contributed by atoms with Gasteiger partial charge in [0.25, 0.3) is 0 Å². The van der Waals surface area contributed by atoms with Crippen LogP contribution < -0.4 is 0 Å². The summed E-state index contributed by atoms with van der Waals surface area (Å²) in [5.41, 5.74) is 1.28. The first kappa shape index (κ1) is 31.2. The zero-order chi connectivity index (χ0) is 26.2. The van der Waals surface area contributed by atoms with Crippen LogP contribution in [0.4, 0.5) is 0 Å². The highest BCUT2D eigenvalue weighted by molar-refractivity contribution is 6.32. The average molecular weight is 527 g/mol. The monoisotopic (exact) mass is 526 g/mol. The van der Waals surface area contributed by atoms with Crippen molar-refractivity contribution in [1.29, 1.82) is 0 Å². The molecule has 5 atom stereocenters. The molecule has 0 N–H and O–H groups in total. The predicted octanol–water partition coefficient (Wildman–Crippen LogP) is 6.97. The van der Waals surface area contributed by atoms with Crippen LogP contribution in [0.2, 0.25) is 5.02 Å². The number of ether oxygens (including phenoxy) is 5. The second-order valence-electron chi connectivity index (χ2n) is 9.49. The van der Waals surface area contributed by atoms with Gasteiger partial charge in [0.2, 0.25) is 0 Å². The molecule has 0 radical (unpaired) electrons. The molecular weight excluding hydrogens is 480 g/mol. The Kier molecular flexibility index (Phi) is 15.8. The Morgan fingerprint density at radius 3 is 1.94 bits per heavy atom. The van der Waals surface area contributed by atoms with Gasteiger partial charge in [0.15, 0.2) is 6.29 Å². The molecule has 1 aliphatic rings. The van der Waals surface area contributed by atoms with Gasteiger partial charge >= 0.3 is 0 Å². The van der Waals surface area contributed by atoms with E-state index in [4.69, 9.17) is 35.3 Å². The van der Waals surface area contributed by atoms with Crippen molar-refractivity contribution in [1.82, 2.24) is 0 Å². The molecule has 0 unspecified atom stereocenters. The molecule has 1 aromatic rings. The van der Waals surface area contributed by atoms with E-state index in [0.717, 1.165) is 63.2 Å². The van der Waals surface area contributed by atoms with Crippen LogP contribution in [0.5, 0.6) is 0 Å². The van der Waals surface area contributed by atoms with Crippen molar-refractivity contribution in [3.8, 4) is 0 Å². The van der Waals surface area contributed by atoms with Crippen LogP contribution in [0.3, 0.4) is 0 Å². The molecule has 0 amide bonds. The molecule has 1 aromatic carbocycles. The Hall–Kier alpha value is -1.02. The van der Waals surface area contributed by atoms with Crippen molar-refractivity contribution in [2.45, 2.75) is 110 Å². The Balaban J connectivity index is 2.43. The SMILES string of the molecule is CCCCOC[C@H]1O[C@@H](c2ccc(Cl)c(C=O)c2)[C@H](OCCCC)[C@@H](OCCCC)[C@@H]1OCCCC. The van der Waals surface area contributed by atoms with Crippen LogP contribution in [0.1, 0.15) is 101 Å². The normalized spacial score (nSPS) is 24.2. The summed E-state index contributed by atoms with van der Waals surface area (Å²) in [5.74, 6) is 0. The van der Waals surface area contributed by atoms with E-state index in [0.29, 0.717) is 43.6 Å². The van der Waals surface area contributed by atoms with Crippen LogP contribution in [-0.2, 0) is 23.7 Å². The van der Waals surface area contributed by atoms with Crippen LogP contribution in [0, 0.1) is 0 Å². The van der Waals surface area contributed by atoms with Crippen molar-refractivity contribution in [2.75, 3.05) is 33.0 Å². The van der Waals surface area contributed by atoms with Crippen molar-refractivity contribution in [3.63, 3.8) is 0 Å². The highest BCUT2D eigenvalue weighted by Gasteiger charge is 2.48. The van der Waals surface area contributed by atoms with Crippen molar-refractivity contribution in [2.24, 2.45) is 0 Å². The largest absolute Gasteiger partial charge is 0.379 e. The van der Waals surface area contributed by atoms with E-state index in [2.05, 4.69) is 27.7 Å². The van der Waals surface area contributed by atoms with Gasteiger partial charge in [0.1, 0.15) is 30.5 Å². The summed E-state index contributed by atoms with van der Waals surface area (Å²) < 4.78 is 32.2. The molecule has 1 heterocycles. The van der Waals surface area contributed by atoms with Gasteiger partial charge < -0.3 is 23.7 Å². The molecule has 0 aliphatic carbocycles. The maximum absolute atomic E-state index is 11.6. The van der Waals surface area contributed by atoms with Crippen LogP contribution >= 0.6 is 11.6 Å². The van der Waals surface area contributed by atoms with Crippen molar-refractivity contribution in [3.05, 3.63) is 34.3 Å². The molecule has 206 valence electrons. The Bertz CT molecular complexity index is 730. The maximum atomic E-state index is 11.6. The van der Waals surface area contributed by atoms with Crippen LogP contribution in [-0.4, -0.2) is 63.7 Å². The summed E-state index contributed by atoms with van der Waals surface area (Å²) in [5, 5.41) is 0.420. The van der Waals surface area contributed by atoms with E-state index < -0.39 is 6.10 Å². The Morgan fingerprint density at radius 1 is 0.806 bits per heavy atom. The Labute approximate surface area is 223 Å². The molecule has 7 heteroatoms. The summed E-state index contributed by atoms with van der Waals surface area (Å²) >= 11 is 6.24. The van der Waals surface area contributed by atoms with Crippen molar-refractivity contribution >= 4 is 17.9 Å². The molecule has 1 aliphatic heterocycles. The first-order chi connectivity index (χ1) is 17.6. The number of benzene rings is 1. The van der Waals surface area contributed by atoms with Gasteiger partial charge in [-0.05, 0) is 43.4 Å². The van der Waals surface area contributed by atoms with E-state index in [9.17, 15) is 4.79 Å². The molecule has 1 fully saturated rings. The summed E-state index contributed by atoms with van der Waals surface area (Å²) in [6.45, 7) is 11.5. The molecule has 0 aromatic heterocycles. The number of rotatable bonds is 19. The lowest BCUT2D eigenvalue weighted by molar-refractivity contribution is -0.268. The van der Waals surface area contributed by atoms with E-state index in [-0.39, 0.29) is 24.4 Å². The molecule has 0 spiro atoms. The molecule has 0 bridgehead atoms. The fourth-order valence-corrected chi connectivity index (χ4v) is 4.42. The van der Waals surface area contributed by atoms with Gasteiger partial charge in [0, 0.05) is 32.0 Å². The average Bonchev–Trinajstić information content (AvgIpc) is 2.89. The summed E-state index contributed by atoms with van der Waals surface area (Å²) in [6, 6.07) is 5.45. The number of unbranched alkanes of at least 4 members (excludes halogenated alkanes) is 4. The maximum Gasteiger partial charge on any atom is 0.151 e. The highest BCUT2D eigenvalue weighted by atomic mass is 35.5.